The van der Waals surface area contributed by atoms with Crippen LogP contribution in [-0.4, -0.2) is 11.0 Å². The van der Waals surface area contributed by atoms with E-state index < -0.39 is 23.2 Å². The predicted molar refractivity (Wildman–Crippen MR) is 83.0 cm³/mol. The minimum atomic E-state index is -1.05. The standard InChI is InChI=1S/C17H11F2NO2S/c18-13-7-4-8-14(19)15(13)17(21)22-9-12-10-23-16(20-12)11-5-2-1-3-6-11/h1-8,10H,9H2. The summed E-state index contributed by atoms with van der Waals surface area (Å²) >= 11 is 1.41. The summed E-state index contributed by atoms with van der Waals surface area (Å²) in [5.41, 5.74) is 0.792. The molecule has 6 heteroatoms. The summed E-state index contributed by atoms with van der Waals surface area (Å²) in [6.45, 7) is -0.143. The van der Waals surface area contributed by atoms with Crippen molar-refractivity contribution in [3.63, 3.8) is 0 Å². The van der Waals surface area contributed by atoms with Gasteiger partial charge in [0.2, 0.25) is 0 Å². The molecule has 0 atom stereocenters. The Bertz CT molecular complexity index is 813. The van der Waals surface area contributed by atoms with Crippen LogP contribution in [0.2, 0.25) is 0 Å². The molecular formula is C17H11F2NO2S. The highest BCUT2D eigenvalue weighted by atomic mass is 32.1. The van der Waals surface area contributed by atoms with Crippen LogP contribution in [0.15, 0.2) is 53.9 Å². The van der Waals surface area contributed by atoms with E-state index in [0.717, 1.165) is 22.7 Å². The van der Waals surface area contributed by atoms with Crippen molar-refractivity contribution in [2.45, 2.75) is 6.61 Å². The van der Waals surface area contributed by atoms with Gasteiger partial charge in [-0.05, 0) is 12.1 Å². The van der Waals surface area contributed by atoms with Gasteiger partial charge in [0, 0.05) is 10.9 Å². The van der Waals surface area contributed by atoms with E-state index in [4.69, 9.17) is 4.74 Å². The third kappa shape index (κ3) is 3.43. The minimum Gasteiger partial charge on any atom is -0.455 e. The maximum atomic E-state index is 13.5. The molecule has 0 amide bonds. The lowest BCUT2D eigenvalue weighted by Crippen LogP contribution is -2.10. The van der Waals surface area contributed by atoms with Crippen LogP contribution < -0.4 is 0 Å². The van der Waals surface area contributed by atoms with Gasteiger partial charge in [0.25, 0.3) is 0 Å². The van der Waals surface area contributed by atoms with Crippen LogP contribution in [0.1, 0.15) is 16.1 Å². The van der Waals surface area contributed by atoms with E-state index in [0.29, 0.717) is 5.69 Å². The molecule has 3 aromatic rings. The van der Waals surface area contributed by atoms with Crippen molar-refractivity contribution in [2.75, 3.05) is 0 Å². The molecule has 0 saturated heterocycles. The van der Waals surface area contributed by atoms with Crippen molar-refractivity contribution >= 4 is 17.3 Å². The molecule has 0 fully saturated rings. The summed E-state index contributed by atoms with van der Waals surface area (Å²) in [5.74, 6) is -2.94. The van der Waals surface area contributed by atoms with Gasteiger partial charge >= 0.3 is 5.97 Å². The zero-order chi connectivity index (χ0) is 16.2. The first kappa shape index (κ1) is 15.3. The Hall–Kier alpha value is -2.60. The van der Waals surface area contributed by atoms with Gasteiger partial charge in [-0.25, -0.2) is 18.6 Å². The Kier molecular flexibility index (Phi) is 4.43. The fourth-order valence-corrected chi connectivity index (χ4v) is 2.80. The van der Waals surface area contributed by atoms with Gasteiger partial charge < -0.3 is 4.74 Å². The first-order chi connectivity index (χ1) is 11.1. The molecule has 2 aromatic carbocycles. The van der Waals surface area contributed by atoms with Crippen molar-refractivity contribution in [2.24, 2.45) is 0 Å². The van der Waals surface area contributed by atoms with Crippen LogP contribution >= 0.6 is 11.3 Å². The second kappa shape index (κ2) is 6.66. The zero-order valence-corrected chi connectivity index (χ0v) is 12.6. The van der Waals surface area contributed by atoms with Gasteiger partial charge in [-0.1, -0.05) is 36.4 Å². The minimum absolute atomic E-state index is 0.143. The lowest BCUT2D eigenvalue weighted by molar-refractivity contribution is 0.0457. The average molecular weight is 331 g/mol. The van der Waals surface area contributed by atoms with Gasteiger partial charge in [0.15, 0.2) is 0 Å². The van der Waals surface area contributed by atoms with Gasteiger partial charge in [-0.3, -0.25) is 0 Å². The summed E-state index contributed by atoms with van der Waals surface area (Å²) in [7, 11) is 0. The Morgan fingerprint density at radius 1 is 1.04 bits per heavy atom. The fraction of sp³-hybridized carbons (Fsp3) is 0.0588. The van der Waals surface area contributed by atoms with Crippen LogP contribution in [0.3, 0.4) is 0 Å². The smallest absolute Gasteiger partial charge is 0.344 e. The number of thiazole rings is 1. The number of hydrogen-bond donors (Lipinski definition) is 0. The molecule has 0 saturated carbocycles. The van der Waals surface area contributed by atoms with Crippen LogP contribution in [0.4, 0.5) is 8.78 Å². The number of nitrogens with zero attached hydrogens (tertiary/aromatic N) is 1. The zero-order valence-electron chi connectivity index (χ0n) is 11.8. The summed E-state index contributed by atoms with van der Waals surface area (Å²) in [4.78, 5) is 16.2. The quantitative estimate of drug-likeness (QED) is 0.663. The Labute approximate surface area is 135 Å². The Morgan fingerprint density at radius 2 is 1.74 bits per heavy atom. The van der Waals surface area contributed by atoms with E-state index in [-0.39, 0.29) is 6.61 Å². The van der Waals surface area contributed by atoms with E-state index in [1.165, 1.54) is 17.4 Å². The van der Waals surface area contributed by atoms with Gasteiger partial charge in [-0.15, -0.1) is 11.3 Å². The van der Waals surface area contributed by atoms with Crippen LogP contribution in [0.25, 0.3) is 10.6 Å². The number of carbonyl (C=O) groups is 1. The number of halogens is 2. The van der Waals surface area contributed by atoms with E-state index >= 15 is 0 Å². The summed E-state index contributed by atoms with van der Waals surface area (Å²) < 4.78 is 31.9. The first-order valence-corrected chi connectivity index (χ1v) is 7.64. The molecule has 0 aliphatic heterocycles. The normalized spacial score (nSPS) is 10.5. The second-order valence-corrected chi connectivity index (χ2v) is 5.54. The Morgan fingerprint density at radius 3 is 2.43 bits per heavy atom. The van der Waals surface area contributed by atoms with E-state index in [1.54, 1.807) is 5.38 Å². The number of rotatable bonds is 4. The molecule has 0 radical (unpaired) electrons. The highest BCUT2D eigenvalue weighted by molar-refractivity contribution is 7.13. The number of hydrogen-bond acceptors (Lipinski definition) is 4. The van der Waals surface area contributed by atoms with Gasteiger partial charge in [0.05, 0.1) is 5.69 Å². The molecule has 0 bridgehead atoms. The van der Waals surface area contributed by atoms with Crippen molar-refractivity contribution < 1.29 is 18.3 Å². The van der Waals surface area contributed by atoms with Crippen molar-refractivity contribution in [3.05, 3.63) is 76.8 Å². The van der Waals surface area contributed by atoms with Crippen molar-refractivity contribution in [1.29, 1.82) is 0 Å². The van der Waals surface area contributed by atoms with Crippen LogP contribution in [0, 0.1) is 11.6 Å². The molecule has 3 rings (SSSR count). The molecule has 0 spiro atoms. The lowest BCUT2D eigenvalue weighted by Gasteiger charge is -2.05. The Balaban J connectivity index is 1.70. The van der Waals surface area contributed by atoms with Gasteiger partial charge in [-0.2, -0.15) is 0 Å². The van der Waals surface area contributed by atoms with Gasteiger partial charge in [0.1, 0.15) is 28.8 Å². The fourth-order valence-electron chi connectivity index (χ4n) is 1.99. The van der Waals surface area contributed by atoms with Crippen molar-refractivity contribution in [1.82, 2.24) is 4.98 Å². The lowest BCUT2D eigenvalue weighted by atomic mass is 10.2. The molecule has 0 unspecified atom stereocenters. The second-order valence-electron chi connectivity index (χ2n) is 4.68. The monoisotopic (exact) mass is 331 g/mol. The molecule has 23 heavy (non-hydrogen) atoms. The molecule has 1 aromatic heterocycles. The largest absolute Gasteiger partial charge is 0.455 e. The van der Waals surface area contributed by atoms with Crippen LogP contribution in [-0.2, 0) is 11.3 Å². The van der Waals surface area contributed by atoms with Crippen molar-refractivity contribution in [3.8, 4) is 10.6 Å². The molecular weight excluding hydrogens is 320 g/mol. The summed E-state index contributed by atoms with van der Waals surface area (Å²) in [5, 5.41) is 2.53. The topological polar surface area (TPSA) is 39.2 Å². The molecule has 0 aliphatic carbocycles. The number of benzene rings is 2. The van der Waals surface area contributed by atoms with E-state index in [2.05, 4.69) is 4.98 Å². The van der Waals surface area contributed by atoms with Crippen LogP contribution in [0.5, 0.6) is 0 Å². The van der Waals surface area contributed by atoms with E-state index in [1.807, 2.05) is 30.3 Å². The highest BCUT2D eigenvalue weighted by Gasteiger charge is 2.19. The maximum Gasteiger partial charge on any atom is 0.344 e. The number of ether oxygens (including phenoxy) is 1. The third-order valence-corrected chi connectivity index (χ3v) is 4.03. The SMILES string of the molecule is O=C(OCc1csc(-c2ccccc2)n1)c1c(F)cccc1F. The average Bonchev–Trinajstić information content (AvgIpc) is 3.02. The highest BCUT2D eigenvalue weighted by Crippen LogP contribution is 2.24. The molecule has 0 N–H and O–H groups in total. The predicted octanol–water partition coefficient (Wildman–Crippen LogP) is 4.45. The first-order valence-electron chi connectivity index (χ1n) is 6.76. The third-order valence-electron chi connectivity index (χ3n) is 3.09. The molecule has 0 aliphatic rings. The molecule has 3 nitrogen and oxygen atoms in total. The number of esters is 1. The summed E-state index contributed by atoms with van der Waals surface area (Å²) in [6.07, 6.45) is 0. The summed E-state index contributed by atoms with van der Waals surface area (Å²) in [6, 6.07) is 12.8. The number of carbonyl (C=O) groups excluding carboxylic acids is 1. The number of aromatic nitrogens is 1. The van der Waals surface area contributed by atoms with E-state index in [9.17, 15) is 13.6 Å². The molecule has 116 valence electrons. The molecule has 1 heterocycles. The maximum absolute atomic E-state index is 13.5.